The van der Waals surface area contributed by atoms with Crippen molar-refractivity contribution in [2.75, 3.05) is 5.32 Å². The highest BCUT2D eigenvalue weighted by molar-refractivity contribution is 6.32. The Morgan fingerprint density at radius 1 is 1.07 bits per heavy atom. The van der Waals surface area contributed by atoms with E-state index in [0.29, 0.717) is 11.6 Å². The van der Waals surface area contributed by atoms with E-state index in [2.05, 4.69) is 5.32 Å². The lowest BCUT2D eigenvalue weighted by Gasteiger charge is -2.16. The molecule has 1 N–H and O–H groups in total. The van der Waals surface area contributed by atoms with E-state index in [1.165, 1.54) is 0 Å². The molecule has 0 saturated heterocycles. The van der Waals surface area contributed by atoms with Gasteiger partial charge in [0.25, 0.3) is 0 Å². The minimum absolute atomic E-state index is 0.116. The van der Waals surface area contributed by atoms with Crippen LogP contribution in [0.15, 0.2) is 41.2 Å². The predicted octanol–water partition coefficient (Wildman–Crippen LogP) is 4.15. The summed E-state index contributed by atoms with van der Waals surface area (Å²) in [6.45, 7) is 4.40. The number of hydrogen-bond donors (Lipinski definition) is 1. The maximum Gasteiger partial charge on any atom is 0.328 e. The molecule has 0 bridgehead atoms. The molecule has 0 fully saturated rings. The van der Waals surface area contributed by atoms with E-state index in [0.717, 1.165) is 40.7 Å². The zero-order valence-corrected chi connectivity index (χ0v) is 16.6. The van der Waals surface area contributed by atoms with Gasteiger partial charge in [0.1, 0.15) is 0 Å². The third-order valence-corrected chi connectivity index (χ3v) is 5.31. The van der Waals surface area contributed by atoms with Crippen LogP contribution in [0.1, 0.15) is 31.4 Å². The molecule has 0 aliphatic heterocycles. The lowest BCUT2D eigenvalue weighted by atomic mass is 10.0. The van der Waals surface area contributed by atoms with Crippen LogP contribution < -0.4 is 11.0 Å². The van der Waals surface area contributed by atoms with Gasteiger partial charge < -0.3 is 5.32 Å². The van der Waals surface area contributed by atoms with Crippen LogP contribution >= 0.6 is 11.6 Å². The minimum atomic E-state index is -0.124. The summed E-state index contributed by atoms with van der Waals surface area (Å²) in [5.74, 6) is -0.124. The predicted molar refractivity (Wildman–Crippen MR) is 111 cm³/mol. The number of nitrogens with one attached hydrogen (secondary N) is 1. The number of amides is 1. The molecule has 0 aliphatic carbocycles. The van der Waals surface area contributed by atoms with Gasteiger partial charge in [-0.05, 0) is 42.2 Å². The van der Waals surface area contributed by atoms with Crippen LogP contribution in [0.5, 0.6) is 0 Å². The van der Waals surface area contributed by atoms with E-state index >= 15 is 0 Å². The molecule has 6 heteroatoms. The van der Waals surface area contributed by atoms with Crippen molar-refractivity contribution in [3.8, 4) is 0 Å². The number of anilines is 1. The molecule has 0 saturated carbocycles. The molecule has 0 spiro atoms. The number of benzene rings is 2. The molecular formula is C21H24ClN3O2. The van der Waals surface area contributed by atoms with Gasteiger partial charge in [0.2, 0.25) is 5.91 Å². The van der Waals surface area contributed by atoms with Crippen LogP contribution in [0, 0.1) is 0 Å². The van der Waals surface area contributed by atoms with Crippen LogP contribution in [0.25, 0.3) is 11.0 Å². The number of imidazole rings is 1. The van der Waals surface area contributed by atoms with Gasteiger partial charge in [0, 0.05) is 30.7 Å². The van der Waals surface area contributed by atoms with Crippen molar-refractivity contribution in [2.45, 2.75) is 39.7 Å². The van der Waals surface area contributed by atoms with Gasteiger partial charge in [-0.1, -0.05) is 43.6 Å². The zero-order chi connectivity index (χ0) is 19.6. The zero-order valence-electron chi connectivity index (χ0n) is 15.9. The quantitative estimate of drug-likeness (QED) is 0.693. The van der Waals surface area contributed by atoms with Gasteiger partial charge >= 0.3 is 5.69 Å². The number of carbonyl (C=O) groups is 1. The molecule has 0 unspecified atom stereocenters. The second-order valence-corrected chi connectivity index (χ2v) is 6.95. The normalized spacial score (nSPS) is 11.1. The Morgan fingerprint density at radius 3 is 2.44 bits per heavy atom. The molecule has 5 nitrogen and oxygen atoms in total. The van der Waals surface area contributed by atoms with Crippen molar-refractivity contribution < 1.29 is 4.79 Å². The van der Waals surface area contributed by atoms with Gasteiger partial charge in [-0.15, -0.1) is 0 Å². The molecule has 3 rings (SSSR count). The van der Waals surface area contributed by atoms with E-state index in [-0.39, 0.29) is 18.0 Å². The fraction of sp³-hybridized carbons (Fsp3) is 0.333. The SMILES string of the molecule is CCc1ccc(Cl)c(CC)c1NC(=O)CCn1c(=O)n(C)c2ccccc21. The number of fused-ring (bicyclic) bond motifs is 1. The van der Waals surface area contributed by atoms with Gasteiger partial charge in [0.15, 0.2) is 0 Å². The summed E-state index contributed by atoms with van der Waals surface area (Å²) in [6.07, 6.45) is 1.76. The molecule has 1 amide bonds. The number of hydrogen-bond acceptors (Lipinski definition) is 2. The number of carbonyl (C=O) groups excluding carboxylic acids is 1. The molecule has 2 aromatic carbocycles. The molecule has 3 aromatic rings. The monoisotopic (exact) mass is 385 g/mol. The van der Waals surface area contributed by atoms with E-state index in [9.17, 15) is 9.59 Å². The van der Waals surface area contributed by atoms with Crippen LogP contribution in [0.2, 0.25) is 5.02 Å². The van der Waals surface area contributed by atoms with Crippen LogP contribution in [0.4, 0.5) is 5.69 Å². The molecule has 0 atom stereocenters. The average Bonchev–Trinajstić information content (AvgIpc) is 2.91. The fourth-order valence-corrected chi connectivity index (χ4v) is 3.75. The first-order chi connectivity index (χ1) is 13.0. The highest BCUT2D eigenvalue weighted by Gasteiger charge is 2.15. The summed E-state index contributed by atoms with van der Waals surface area (Å²) in [7, 11) is 1.74. The Hall–Kier alpha value is -2.53. The van der Waals surface area contributed by atoms with Gasteiger partial charge in [-0.3, -0.25) is 13.9 Å². The van der Waals surface area contributed by atoms with Crippen molar-refractivity contribution in [1.82, 2.24) is 9.13 Å². The van der Waals surface area contributed by atoms with Crippen LogP contribution in [0.3, 0.4) is 0 Å². The third kappa shape index (κ3) is 3.65. The second kappa shape index (κ2) is 8.01. The summed E-state index contributed by atoms with van der Waals surface area (Å²) >= 11 is 6.30. The number of halogens is 1. The summed E-state index contributed by atoms with van der Waals surface area (Å²) in [5, 5.41) is 3.68. The molecule has 27 heavy (non-hydrogen) atoms. The number of rotatable bonds is 6. The number of aryl methyl sites for hydroxylation is 3. The summed E-state index contributed by atoms with van der Waals surface area (Å²) in [5.41, 5.74) is 4.40. The number of nitrogens with zero attached hydrogens (tertiary/aromatic N) is 2. The largest absolute Gasteiger partial charge is 0.328 e. The molecule has 1 aromatic heterocycles. The van der Waals surface area contributed by atoms with E-state index in [1.54, 1.807) is 16.2 Å². The first-order valence-electron chi connectivity index (χ1n) is 9.22. The van der Waals surface area contributed by atoms with Crippen LogP contribution in [-0.2, 0) is 31.2 Å². The van der Waals surface area contributed by atoms with Crippen molar-refractivity contribution in [3.63, 3.8) is 0 Å². The Kier molecular flexibility index (Phi) is 5.71. The van der Waals surface area contributed by atoms with Crippen molar-refractivity contribution in [3.05, 3.63) is 63.0 Å². The molecule has 142 valence electrons. The maximum atomic E-state index is 12.6. The smallest absolute Gasteiger partial charge is 0.325 e. The summed E-state index contributed by atoms with van der Waals surface area (Å²) in [6, 6.07) is 11.4. The van der Waals surface area contributed by atoms with E-state index < -0.39 is 0 Å². The van der Waals surface area contributed by atoms with Crippen molar-refractivity contribution in [2.24, 2.45) is 7.05 Å². The summed E-state index contributed by atoms with van der Waals surface area (Å²) < 4.78 is 3.25. The summed E-state index contributed by atoms with van der Waals surface area (Å²) in [4.78, 5) is 25.1. The topological polar surface area (TPSA) is 56.0 Å². The van der Waals surface area contributed by atoms with Crippen molar-refractivity contribution >= 4 is 34.2 Å². The second-order valence-electron chi connectivity index (χ2n) is 6.55. The fourth-order valence-electron chi connectivity index (χ4n) is 3.46. The van der Waals surface area contributed by atoms with Gasteiger partial charge in [-0.25, -0.2) is 4.79 Å². The highest BCUT2D eigenvalue weighted by Crippen LogP contribution is 2.29. The standard InChI is InChI=1S/C21H24ClN3O2/c1-4-14-10-11-16(22)15(5-2)20(14)23-19(26)12-13-25-18-9-7-6-8-17(18)24(3)21(25)27/h6-11H,4-5,12-13H2,1-3H3,(H,23,26). The Bertz CT molecular complexity index is 1050. The molecule has 0 aliphatic rings. The number of aromatic nitrogens is 2. The third-order valence-electron chi connectivity index (χ3n) is 4.96. The highest BCUT2D eigenvalue weighted by atomic mass is 35.5. The van der Waals surface area contributed by atoms with Crippen LogP contribution in [-0.4, -0.2) is 15.0 Å². The molecule has 0 radical (unpaired) electrons. The molecule has 1 heterocycles. The Morgan fingerprint density at radius 2 is 1.78 bits per heavy atom. The first-order valence-corrected chi connectivity index (χ1v) is 9.60. The van der Waals surface area contributed by atoms with E-state index in [1.807, 2.05) is 50.2 Å². The van der Waals surface area contributed by atoms with Crippen molar-refractivity contribution in [1.29, 1.82) is 0 Å². The average molecular weight is 386 g/mol. The maximum absolute atomic E-state index is 12.6. The lowest BCUT2D eigenvalue weighted by Crippen LogP contribution is -2.25. The van der Waals surface area contributed by atoms with Gasteiger partial charge in [-0.2, -0.15) is 0 Å². The number of para-hydroxylation sites is 2. The van der Waals surface area contributed by atoms with Gasteiger partial charge in [0.05, 0.1) is 11.0 Å². The Labute approximate surface area is 163 Å². The molecular weight excluding hydrogens is 362 g/mol. The minimum Gasteiger partial charge on any atom is -0.325 e. The van der Waals surface area contributed by atoms with E-state index in [4.69, 9.17) is 11.6 Å². The Balaban J connectivity index is 1.82. The lowest BCUT2D eigenvalue weighted by molar-refractivity contribution is -0.116. The first kappa shape index (κ1) is 19.2.